The van der Waals surface area contributed by atoms with Crippen molar-refractivity contribution in [3.05, 3.63) is 77.4 Å². The number of anilines is 1. The molecule has 3 rings (SSSR count). The van der Waals surface area contributed by atoms with Crippen LogP contribution >= 0.6 is 0 Å². The van der Waals surface area contributed by atoms with Gasteiger partial charge in [0.25, 0.3) is 11.7 Å². The van der Waals surface area contributed by atoms with Crippen LogP contribution in [0.4, 0.5) is 10.1 Å². The molecule has 3 aromatic rings. The Balaban J connectivity index is 2.04. The highest BCUT2D eigenvalue weighted by molar-refractivity contribution is 6.47. The largest absolute Gasteiger partial charge is 0.462 e. The number of nitrogens with one attached hydrogen (secondary N) is 2. The molecule has 0 radical (unpaired) electrons. The standard InChI is InChI=1S/C22H19FN2O4/c1-3-29-22(28)17-13(2)24-19(18(17)14-8-5-4-6-9-14)20(26)21(27)25-16-11-7-10-15(23)12-16/h4-12,24H,3H2,1-2H3,(H,25,27). The number of H-pyrrole nitrogens is 1. The molecule has 29 heavy (non-hydrogen) atoms. The summed E-state index contributed by atoms with van der Waals surface area (Å²) in [7, 11) is 0. The smallest absolute Gasteiger partial charge is 0.340 e. The fourth-order valence-electron chi connectivity index (χ4n) is 3.01. The van der Waals surface area contributed by atoms with Gasteiger partial charge in [0.05, 0.1) is 12.2 Å². The van der Waals surface area contributed by atoms with Gasteiger partial charge in [0.1, 0.15) is 11.5 Å². The van der Waals surface area contributed by atoms with Gasteiger partial charge in [-0.2, -0.15) is 0 Å². The Morgan fingerprint density at radius 2 is 1.79 bits per heavy atom. The molecule has 1 heterocycles. The van der Waals surface area contributed by atoms with Crippen molar-refractivity contribution in [2.45, 2.75) is 13.8 Å². The highest BCUT2D eigenvalue weighted by atomic mass is 19.1. The lowest BCUT2D eigenvalue weighted by molar-refractivity contribution is -0.112. The predicted octanol–water partition coefficient (Wildman–Crippen LogP) is 4.13. The summed E-state index contributed by atoms with van der Waals surface area (Å²) >= 11 is 0. The van der Waals surface area contributed by atoms with Crippen LogP contribution in [0.15, 0.2) is 54.6 Å². The van der Waals surface area contributed by atoms with Crippen molar-refractivity contribution >= 4 is 23.3 Å². The summed E-state index contributed by atoms with van der Waals surface area (Å²) in [5.41, 5.74) is 1.59. The quantitative estimate of drug-likeness (QED) is 0.374. The van der Waals surface area contributed by atoms with Crippen molar-refractivity contribution < 1.29 is 23.5 Å². The average Bonchev–Trinajstić information content (AvgIpc) is 3.05. The van der Waals surface area contributed by atoms with Crippen molar-refractivity contribution in [3.63, 3.8) is 0 Å². The summed E-state index contributed by atoms with van der Waals surface area (Å²) in [5.74, 6) is -2.97. The highest BCUT2D eigenvalue weighted by Crippen LogP contribution is 2.31. The minimum Gasteiger partial charge on any atom is -0.462 e. The molecule has 0 bridgehead atoms. The van der Waals surface area contributed by atoms with Crippen LogP contribution in [0.5, 0.6) is 0 Å². The molecule has 0 aliphatic rings. The van der Waals surface area contributed by atoms with Crippen LogP contribution in [0.2, 0.25) is 0 Å². The number of aromatic amines is 1. The van der Waals surface area contributed by atoms with E-state index in [1.807, 2.05) is 0 Å². The second-order valence-electron chi connectivity index (χ2n) is 6.26. The van der Waals surface area contributed by atoms with E-state index in [1.54, 1.807) is 44.2 Å². The molecule has 2 aromatic carbocycles. The number of esters is 1. The van der Waals surface area contributed by atoms with E-state index in [2.05, 4.69) is 10.3 Å². The van der Waals surface area contributed by atoms with Crippen LogP contribution in [0.25, 0.3) is 11.1 Å². The number of ketones is 1. The van der Waals surface area contributed by atoms with Gasteiger partial charge in [-0.1, -0.05) is 36.4 Å². The molecule has 0 fully saturated rings. The molecule has 0 saturated carbocycles. The van der Waals surface area contributed by atoms with E-state index in [0.29, 0.717) is 16.8 Å². The van der Waals surface area contributed by atoms with Crippen molar-refractivity contribution in [1.82, 2.24) is 4.98 Å². The summed E-state index contributed by atoms with van der Waals surface area (Å²) in [6.07, 6.45) is 0. The zero-order valence-electron chi connectivity index (χ0n) is 15.9. The highest BCUT2D eigenvalue weighted by Gasteiger charge is 2.29. The van der Waals surface area contributed by atoms with E-state index in [0.717, 1.165) is 6.07 Å². The third-order valence-corrected chi connectivity index (χ3v) is 4.25. The topological polar surface area (TPSA) is 88.3 Å². The molecule has 1 amide bonds. The summed E-state index contributed by atoms with van der Waals surface area (Å²) in [6, 6.07) is 14.0. The maximum absolute atomic E-state index is 13.4. The van der Waals surface area contributed by atoms with Crippen LogP contribution in [0, 0.1) is 12.7 Å². The number of hydrogen-bond donors (Lipinski definition) is 2. The first-order valence-corrected chi connectivity index (χ1v) is 8.98. The maximum atomic E-state index is 13.4. The van der Waals surface area contributed by atoms with Gasteiger partial charge < -0.3 is 15.0 Å². The zero-order valence-corrected chi connectivity index (χ0v) is 15.9. The number of halogens is 1. The molecule has 7 heteroatoms. The summed E-state index contributed by atoms with van der Waals surface area (Å²) in [6.45, 7) is 3.47. The fourth-order valence-corrected chi connectivity index (χ4v) is 3.01. The van der Waals surface area contributed by atoms with Gasteiger partial charge in [0.2, 0.25) is 0 Å². The molecule has 0 aliphatic heterocycles. The normalized spacial score (nSPS) is 10.4. The van der Waals surface area contributed by atoms with E-state index in [-0.39, 0.29) is 23.6 Å². The SMILES string of the molecule is CCOC(=O)c1c(C)[nH]c(C(=O)C(=O)Nc2cccc(F)c2)c1-c1ccccc1. The fraction of sp³-hybridized carbons (Fsp3) is 0.136. The van der Waals surface area contributed by atoms with Crippen LogP contribution in [0.3, 0.4) is 0 Å². The lowest BCUT2D eigenvalue weighted by atomic mass is 9.98. The van der Waals surface area contributed by atoms with Gasteiger partial charge in [-0.05, 0) is 37.6 Å². The van der Waals surface area contributed by atoms with Gasteiger partial charge in [-0.3, -0.25) is 9.59 Å². The Hall–Kier alpha value is -3.74. The number of ether oxygens (including phenoxy) is 1. The lowest BCUT2D eigenvalue weighted by Gasteiger charge is -2.08. The predicted molar refractivity (Wildman–Crippen MR) is 106 cm³/mol. The van der Waals surface area contributed by atoms with E-state index in [1.165, 1.54) is 18.2 Å². The second kappa shape index (κ2) is 8.52. The van der Waals surface area contributed by atoms with Crippen LogP contribution in [-0.2, 0) is 9.53 Å². The summed E-state index contributed by atoms with van der Waals surface area (Å²) in [4.78, 5) is 40.7. The Morgan fingerprint density at radius 3 is 2.45 bits per heavy atom. The third-order valence-electron chi connectivity index (χ3n) is 4.25. The Labute approximate surface area is 166 Å². The van der Waals surface area contributed by atoms with Gasteiger partial charge in [0, 0.05) is 16.9 Å². The monoisotopic (exact) mass is 394 g/mol. The van der Waals surface area contributed by atoms with Gasteiger partial charge >= 0.3 is 5.97 Å². The number of carbonyl (C=O) groups excluding carboxylic acids is 3. The number of aryl methyl sites for hydroxylation is 1. The maximum Gasteiger partial charge on any atom is 0.340 e. The number of rotatable bonds is 6. The number of hydrogen-bond acceptors (Lipinski definition) is 4. The lowest BCUT2D eigenvalue weighted by Crippen LogP contribution is -2.24. The van der Waals surface area contributed by atoms with Crippen molar-refractivity contribution in [3.8, 4) is 11.1 Å². The molecular formula is C22H19FN2O4. The molecular weight excluding hydrogens is 375 g/mol. The van der Waals surface area contributed by atoms with Crippen molar-refractivity contribution in [2.75, 3.05) is 11.9 Å². The van der Waals surface area contributed by atoms with Crippen LogP contribution in [0.1, 0.15) is 33.5 Å². The Morgan fingerprint density at radius 1 is 1.07 bits per heavy atom. The summed E-state index contributed by atoms with van der Waals surface area (Å²) in [5, 5.41) is 2.38. The van der Waals surface area contributed by atoms with Crippen LogP contribution < -0.4 is 5.32 Å². The third kappa shape index (κ3) is 4.24. The second-order valence-corrected chi connectivity index (χ2v) is 6.26. The minimum absolute atomic E-state index is 0.0364. The Bertz CT molecular complexity index is 1070. The molecule has 0 aliphatic carbocycles. The van der Waals surface area contributed by atoms with E-state index < -0.39 is 23.5 Å². The summed E-state index contributed by atoms with van der Waals surface area (Å²) < 4.78 is 18.5. The molecule has 0 unspecified atom stereocenters. The molecule has 1 aromatic heterocycles. The Kier molecular flexibility index (Phi) is 5.87. The molecule has 2 N–H and O–H groups in total. The number of benzene rings is 2. The first-order chi connectivity index (χ1) is 13.9. The number of carbonyl (C=O) groups is 3. The molecule has 148 valence electrons. The van der Waals surface area contributed by atoms with E-state index >= 15 is 0 Å². The molecule has 6 nitrogen and oxygen atoms in total. The number of aromatic nitrogens is 1. The van der Waals surface area contributed by atoms with Gasteiger partial charge in [0.15, 0.2) is 0 Å². The van der Waals surface area contributed by atoms with Gasteiger partial charge in [-0.15, -0.1) is 0 Å². The zero-order chi connectivity index (χ0) is 21.0. The molecule has 0 spiro atoms. The minimum atomic E-state index is -0.954. The first-order valence-electron chi connectivity index (χ1n) is 8.98. The molecule has 0 atom stereocenters. The average molecular weight is 394 g/mol. The van der Waals surface area contributed by atoms with Crippen molar-refractivity contribution in [2.24, 2.45) is 0 Å². The first kappa shape index (κ1) is 20.0. The van der Waals surface area contributed by atoms with Crippen molar-refractivity contribution in [1.29, 1.82) is 0 Å². The number of amides is 1. The number of Topliss-reactive ketones (excluding diaryl/α,β-unsaturated/α-hetero) is 1. The molecule has 0 saturated heterocycles. The van der Waals surface area contributed by atoms with Crippen LogP contribution in [-0.4, -0.2) is 29.3 Å². The van der Waals surface area contributed by atoms with E-state index in [9.17, 15) is 18.8 Å². The van der Waals surface area contributed by atoms with E-state index in [4.69, 9.17) is 4.74 Å². The van der Waals surface area contributed by atoms with Gasteiger partial charge in [-0.25, -0.2) is 9.18 Å².